The standard InChI is InChI=1S/C24H30N2O3S/c1-4-5-15-26-22(27)14-13-20(23(26)19-11-6-7-12-21(19)29-2)24(28)25-17-9-8-10-18(16-17)30-3/h6-12,16,20,23H,4-5,13-15H2,1-3H3,(H,25,28). The van der Waals surface area contributed by atoms with Crippen LogP contribution in [0.2, 0.25) is 0 Å². The van der Waals surface area contributed by atoms with Crippen LogP contribution >= 0.6 is 11.8 Å². The van der Waals surface area contributed by atoms with E-state index in [-0.39, 0.29) is 23.8 Å². The number of carbonyl (C=O) groups is 2. The third kappa shape index (κ3) is 4.98. The van der Waals surface area contributed by atoms with Crippen molar-refractivity contribution in [2.75, 3.05) is 25.2 Å². The third-order valence-corrected chi connectivity index (χ3v) is 6.32. The number of para-hydroxylation sites is 1. The van der Waals surface area contributed by atoms with Crippen molar-refractivity contribution in [1.82, 2.24) is 4.90 Å². The molecule has 6 heteroatoms. The Morgan fingerprint density at radius 3 is 2.77 bits per heavy atom. The first kappa shape index (κ1) is 22.2. The molecule has 0 saturated carbocycles. The SMILES string of the molecule is CCCCN1C(=O)CCC(C(=O)Nc2cccc(SC)c2)C1c1ccccc1OC. The summed E-state index contributed by atoms with van der Waals surface area (Å²) in [6, 6.07) is 15.2. The van der Waals surface area contributed by atoms with Crippen LogP contribution in [-0.2, 0) is 9.59 Å². The summed E-state index contributed by atoms with van der Waals surface area (Å²) in [5.74, 6) is 0.417. The van der Waals surface area contributed by atoms with Crippen LogP contribution in [0, 0.1) is 5.92 Å². The maximum absolute atomic E-state index is 13.4. The Labute approximate surface area is 183 Å². The smallest absolute Gasteiger partial charge is 0.229 e. The number of nitrogens with one attached hydrogen (secondary N) is 1. The van der Waals surface area contributed by atoms with Gasteiger partial charge in [-0.25, -0.2) is 0 Å². The largest absolute Gasteiger partial charge is 0.496 e. The number of nitrogens with zero attached hydrogens (tertiary/aromatic N) is 1. The van der Waals surface area contributed by atoms with Crippen LogP contribution in [0.25, 0.3) is 0 Å². The molecule has 1 N–H and O–H groups in total. The molecular weight excluding hydrogens is 396 g/mol. The topological polar surface area (TPSA) is 58.6 Å². The summed E-state index contributed by atoms with van der Waals surface area (Å²) >= 11 is 1.64. The van der Waals surface area contributed by atoms with Gasteiger partial charge in [0.1, 0.15) is 5.75 Å². The van der Waals surface area contributed by atoms with Gasteiger partial charge in [0, 0.05) is 29.1 Å². The number of hydrogen-bond donors (Lipinski definition) is 1. The molecule has 3 rings (SSSR count). The van der Waals surface area contributed by atoms with Crippen molar-refractivity contribution in [2.45, 2.75) is 43.5 Å². The highest BCUT2D eigenvalue weighted by molar-refractivity contribution is 7.98. The minimum atomic E-state index is -0.339. The number of methoxy groups -OCH3 is 1. The Balaban J connectivity index is 1.95. The Morgan fingerprint density at radius 1 is 1.23 bits per heavy atom. The van der Waals surface area contributed by atoms with Crippen molar-refractivity contribution in [3.63, 3.8) is 0 Å². The zero-order valence-corrected chi connectivity index (χ0v) is 18.7. The Bertz CT molecular complexity index is 886. The fourth-order valence-corrected chi connectivity index (χ4v) is 4.51. The second-order valence-electron chi connectivity index (χ2n) is 7.49. The molecule has 160 valence electrons. The van der Waals surface area contributed by atoms with E-state index in [4.69, 9.17) is 4.74 Å². The van der Waals surface area contributed by atoms with Crippen LogP contribution in [-0.4, -0.2) is 36.6 Å². The number of anilines is 1. The number of ether oxygens (including phenoxy) is 1. The third-order valence-electron chi connectivity index (χ3n) is 5.59. The Hall–Kier alpha value is -2.47. The van der Waals surface area contributed by atoms with Crippen LogP contribution in [0.3, 0.4) is 0 Å². The maximum Gasteiger partial charge on any atom is 0.229 e. The molecule has 1 heterocycles. The second kappa shape index (κ2) is 10.5. The quantitative estimate of drug-likeness (QED) is 0.594. The van der Waals surface area contributed by atoms with Gasteiger partial charge >= 0.3 is 0 Å². The Kier molecular flexibility index (Phi) is 7.80. The van der Waals surface area contributed by atoms with E-state index in [1.54, 1.807) is 18.9 Å². The molecule has 1 aliphatic heterocycles. The molecule has 2 aromatic rings. The van der Waals surface area contributed by atoms with Gasteiger partial charge in [-0.15, -0.1) is 11.8 Å². The minimum absolute atomic E-state index is 0.0573. The fraction of sp³-hybridized carbons (Fsp3) is 0.417. The molecule has 0 aromatic heterocycles. The number of thioether (sulfide) groups is 1. The molecule has 0 radical (unpaired) electrons. The molecule has 2 aromatic carbocycles. The molecule has 0 spiro atoms. The van der Waals surface area contributed by atoms with Crippen molar-refractivity contribution in [3.8, 4) is 5.75 Å². The summed E-state index contributed by atoms with van der Waals surface area (Å²) in [7, 11) is 1.63. The number of benzene rings is 2. The van der Waals surface area contributed by atoms with Gasteiger partial charge in [0.2, 0.25) is 11.8 Å². The summed E-state index contributed by atoms with van der Waals surface area (Å²) < 4.78 is 5.59. The maximum atomic E-state index is 13.4. The van der Waals surface area contributed by atoms with E-state index in [1.807, 2.05) is 59.7 Å². The van der Waals surface area contributed by atoms with Crippen molar-refractivity contribution < 1.29 is 14.3 Å². The fourth-order valence-electron chi connectivity index (χ4n) is 4.05. The van der Waals surface area contributed by atoms with Crippen molar-refractivity contribution in [2.24, 2.45) is 5.92 Å². The van der Waals surface area contributed by atoms with E-state index >= 15 is 0 Å². The molecule has 1 saturated heterocycles. The summed E-state index contributed by atoms with van der Waals surface area (Å²) in [5.41, 5.74) is 1.67. The predicted molar refractivity (Wildman–Crippen MR) is 122 cm³/mol. The predicted octanol–water partition coefficient (Wildman–Crippen LogP) is 5.14. The first-order valence-electron chi connectivity index (χ1n) is 10.5. The lowest BCUT2D eigenvalue weighted by Gasteiger charge is -2.41. The molecule has 30 heavy (non-hydrogen) atoms. The van der Waals surface area contributed by atoms with Crippen LogP contribution in [0.15, 0.2) is 53.4 Å². The van der Waals surface area contributed by atoms with E-state index in [9.17, 15) is 9.59 Å². The summed E-state index contributed by atoms with van der Waals surface area (Å²) in [6.45, 7) is 2.75. The van der Waals surface area contributed by atoms with Gasteiger partial charge in [0.15, 0.2) is 0 Å². The lowest BCUT2D eigenvalue weighted by atomic mass is 9.83. The van der Waals surface area contributed by atoms with E-state index in [0.717, 1.165) is 29.0 Å². The highest BCUT2D eigenvalue weighted by Crippen LogP contribution is 2.41. The lowest BCUT2D eigenvalue weighted by Crippen LogP contribution is -2.47. The lowest BCUT2D eigenvalue weighted by molar-refractivity contribution is -0.142. The van der Waals surface area contributed by atoms with Gasteiger partial charge in [0.25, 0.3) is 0 Å². The number of likely N-dealkylation sites (tertiary alicyclic amines) is 1. The number of hydrogen-bond acceptors (Lipinski definition) is 4. The second-order valence-corrected chi connectivity index (χ2v) is 8.37. The van der Waals surface area contributed by atoms with Gasteiger partial charge in [-0.05, 0) is 43.4 Å². The summed E-state index contributed by atoms with van der Waals surface area (Å²) in [6.07, 6.45) is 4.82. The molecule has 2 atom stereocenters. The van der Waals surface area contributed by atoms with Gasteiger partial charge in [-0.2, -0.15) is 0 Å². The van der Waals surface area contributed by atoms with Crippen molar-refractivity contribution in [3.05, 3.63) is 54.1 Å². The van der Waals surface area contributed by atoms with Crippen molar-refractivity contribution >= 4 is 29.3 Å². The normalized spacial score (nSPS) is 18.9. The van der Waals surface area contributed by atoms with E-state index in [1.165, 1.54) is 0 Å². The first-order chi connectivity index (χ1) is 14.6. The number of amides is 2. The van der Waals surface area contributed by atoms with Gasteiger partial charge in [-0.3, -0.25) is 9.59 Å². The highest BCUT2D eigenvalue weighted by Gasteiger charge is 2.41. The number of piperidine rings is 1. The number of unbranched alkanes of at least 4 members (excludes halogenated alkanes) is 1. The molecule has 1 fully saturated rings. The molecular formula is C24H30N2O3S. The van der Waals surface area contributed by atoms with Crippen LogP contribution in [0.1, 0.15) is 44.2 Å². The van der Waals surface area contributed by atoms with E-state index in [0.29, 0.717) is 25.1 Å². The molecule has 2 amide bonds. The molecule has 0 aliphatic carbocycles. The average Bonchev–Trinajstić information content (AvgIpc) is 2.78. The molecule has 2 unspecified atom stereocenters. The minimum Gasteiger partial charge on any atom is -0.496 e. The van der Waals surface area contributed by atoms with Gasteiger partial charge in [0.05, 0.1) is 19.1 Å². The average molecular weight is 427 g/mol. The van der Waals surface area contributed by atoms with Gasteiger partial charge in [-0.1, -0.05) is 37.6 Å². The van der Waals surface area contributed by atoms with Crippen molar-refractivity contribution in [1.29, 1.82) is 0 Å². The first-order valence-corrected chi connectivity index (χ1v) is 11.7. The summed E-state index contributed by atoms with van der Waals surface area (Å²) in [4.78, 5) is 29.2. The zero-order valence-electron chi connectivity index (χ0n) is 17.9. The number of carbonyl (C=O) groups excluding carboxylic acids is 2. The monoisotopic (exact) mass is 426 g/mol. The highest BCUT2D eigenvalue weighted by atomic mass is 32.2. The van der Waals surface area contributed by atoms with Crippen LogP contribution in [0.4, 0.5) is 5.69 Å². The number of rotatable bonds is 8. The molecule has 0 bridgehead atoms. The molecule has 1 aliphatic rings. The summed E-state index contributed by atoms with van der Waals surface area (Å²) in [5, 5.41) is 3.08. The Morgan fingerprint density at radius 2 is 2.03 bits per heavy atom. The zero-order chi connectivity index (χ0) is 21.5. The van der Waals surface area contributed by atoms with E-state index < -0.39 is 0 Å². The van der Waals surface area contributed by atoms with Crippen LogP contribution in [0.5, 0.6) is 5.75 Å². The van der Waals surface area contributed by atoms with Gasteiger partial charge < -0.3 is 15.0 Å². The van der Waals surface area contributed by atoms with Crippen LogP contribution < -0.4 is 10.1 Å². The molecule has 5 nitrogen and oxygen atoms in total. The van der Waals surface area contributed by atoms with E-state index in [2.05, 4.69) is 12.2 Å².